The molecule has 0 amide bonds. The van der Waals surface area contributed by atoms with E-state index >= 15 is 0 Å². The van der Waals surface area contributed by atoms with Crippen molar-refractivity contribution in [1.29, 1.82) is 5.26 Å². The minimum Gasteiger partial charge on any atom is -0.379 e. The van der Waals surface area contributed by atoms with Crippen molar-refractivity contribution in [3.05, 3.63) is 35.9 Å². The maximum atomic E-state index is 9.14. The second-order valence-electron chi connectivity index (χ2n) is 3.36. The highest BCUT2D eigenvalue weighted by Crippen LogP contribution is 2.31. The topological polar surface area (TPSA) is 33.0 Å². The van der Waals surface area contributed by atoms with Crippen LogP contribution in [0.15, 0.2) is 30.3 Å². The molecule has 0 unspecified atom stereocenters. The van der Waals surface area contributed by atoms with Gasteiger partial charge in [0.2, 0.25) is 0 Å². The molecule has 0 radical (unpaired) electrons. The van der Waals surface area contributed by atoms with Crippen molar-refractivity contribution in [2.45, 2.75) is 11.8 Å². The lowest BCUT2D eigenvalue weighted by atomic mass is 9.81. The zero-order chi connectivity index (χ0) is 9.15. The van der Waals surface area contributed by atoms with E-state index in [1.807, 2.05) is 30.3 Å². The van der Waals surface area contributed by atoms with Gasteiger partial charge < -0.3 is 4.74 Å². The molecule has 0 spiro atoms. The number of ether oxygens (including phenoxy) is 1. The van der Waals surface area contributed by atoms with Crippen molar-refractivity contribution in [2.75, 3.05) is 13.2 Å². The van der Waals surface area contributed by atoms with Crippen LogP contribution in [0.4, 0.5) is 0 Å². The molecule has 1 saturated heterocycles. The first kappa shape index (κ1) is 8.28. The highest BCUT2D eigenvalue weighted by atomic mass is 16.5. The van der Waals surface area contributed by atoms with Gasteiger partial charge in [-0.05, 0) is 12.0 Å². The van der Waals surface area contributed by atoms with E-state index in [9.17, 15) is 0 Å². The summed E-state index contributed by atoms with van der Waals surface area (Å²) in [6, 6.07) is 12.3. The van der Waals surface area contributed by atoms with Crippen molar-refractivity contribution in [1.82, 2.24) is 0 Å². The Kier molecular flexibility index (Phi) is 2.03. The van der Waals surface area contributed by atoms with Crippen LogP contribution >= 0.6 is 0 Å². The maximum Gasteiger partial charge on any atom is 0.108 e. The summed E-state index contributed by atoms with van der Waals surface area (Å²) in [5.41, 5.74) is 0.691. The van der Waals surface area contributed by atoms with E-state index in [0.717, 1.165) is 12.0 Å². The van der Waals surface area contributed by atoms with Gasteiger partial charge in [0.1, 0.15) is 5.41 Å². The average Bonchev–Trinajstić information content (AvgIpc) is 2.69. The number of rotatable bonds is 1. The lowest BCUT2D eigenvalue weighted by molar-refractivity contribution is 0.186. The van der Waals surface area contributed by atoms with Crippen LogP contribution in [0, 0.1) is 11.3 Å². The van der Waals surface area contributed by atoms with Gasteiger partial charge in [-0.3, -0.25) is 0 Å². The van der Waals surface area contributed by atoms with Gasteiger partial charge in [-0.1, -0.05) is 30.3 Å². The Hall–Kier alpha value is -1.33. The lowest BCUT2D eigenvalue weighted by Crippen LogP contribution is -2.23. The van der Waals surface area contributed by atoms with Crippen molar-refractivity contribution in [2.24, 2.45) is 0 Å². The summed E-state index contributed by atoms with van der Waals surface area (Å²) in [4.78, 5) is 0. The quantitative estimate of drug-likeness (QED) is 0.649. The number of hydrogen-bond donors (Lipinski definition) is 0. The molecule has 1 atom stereocenters. The van der Waals surface area contributed by atoms with E-state index in [1.54, 1.807) is 0 Å². The molecule has 1 fully saturated rings. The van der Waals surface area contributed by atoms with Gasteiger partial charge in [0.05, 0.1) is 12.7 Å². The summed E-state index contributed by atoms with van der Waals surface area (Å²) < 4.78 is 5.28. The Labute approximate surface area is 77.8 Å². The highest BCUT2D eigenvalue weighted by Gasteiger charge is 2.36. The van der Waals surface area contributed by atoms with Crippen LogP contribution < -0.4 is 0 Å². The first-order valence-corrected chi connectivity index (χ1v) is 4.42. The monoisotopic (exact) mass is 173 g/mol. The van der Waals surface area contributed by atoms with Crippen LogP contribution in [0.2, 0.25) is 0 Å². The Morgan fingerprint density at radius 1 is 1.31 bits per heavy atom. The molecule has 0 bridgehead atoms. The van der Waals surface area contributed by atoms with Gasteiger partial charge in [-0.2, -0.15) is 5.26 Å². The molecule has 0 aromatic heterocycles. The first-order chi connectivity index (χ1) is 6.37. The summed E-state index contributed by atoms with van der Waals surface area (Å²) in [6.45, 7) is 1.23. The van der Waals surface area contributed by atoms with Gasteiger partial charge in [0.25, 0.3) is 0 Å². The Morgan fingerprint density at radius 2 is 2.08 bits per heavy atom. The number of benzene rings is 1. The standard InChI is InChI=1S/C11H11NO/c12-8-11(6-7-13-9-11)10-4-2-1-3-5-10/h1-5H,6-7,9H2/t11-/m1/s1. The van der Waals surface area contributed by atoms with E-state index in [4.69, 9.17) is 10.00 Å². The summed E-state index contributed by atoms with van der Waals surface area (Å²) >= 11 is 0. The van der Waals surface area contributed by atoms with E-state index in [-0.39, 0.29) is 5.41 Å². The minimum atomic E-state index is -0.388. The smallest absolute Gasteiger partial charge is 0.108 e. The van der Waals surface area contributed by atoms with Gasteiger partial charge in [-0.25, -0.2) is 0 Å². The molecular weight excluding hydrogens is 162 g/mol. The molecule has 2 rings (SSSR count). The Morgan fingerprint density at radius 3 is 2.62 bits per heavy atom. The fourth-order valence-electron chi connectivity index (χ4n) is 1.70. The Bertz CT molecular complexity index is 320. The predicted molar refractivity (Wildman–Crippen MR) is 49.2 cm³/mol. The third kappa shape index (κ3) is 1.32. The van der Waals surface area contributed by atoms with E-state index < -0.39 is 0 Å². The number of nitrogens with zero attached hydrogens (tertiary/aromatic N) is 1. The summed E-state index contributed by atoms with van der Waals surface area (Å²) in [6.07, 6.45) is 0.813. The van der Waals surface area contributed by atoms with Crippen LogP contribution in [0.1, 0.15) is 12.0 Å². The van der Waals surface area contributed by atoms with Gasteiger partial charge >= 0.3 is 0 Å². The largest absolute Gasteiger partial charge is 0.379 e. The fourth-order valence-corrected chi connectivity index (χ4v) is 1.70. The second kappa shape index (κ2) is 3.20. The predicted octanol–water partition coefficient (Wildman–Crippen LogP) is 1.87. The zero-order valence-corrected chi connectivity index (χ0v) is 7.36. The van der Waals surface area contributed by atoms with Crippen LogP contribution in [-0.4, -0.2) is 13.2 Å². The normalized spacial score (nSPS) is 27.0. The van der Waals surface area contributed by atoms with E-state index in [2.05, 4.69) is 6.07 Å². The Balaban J connectivity index is 2.38. The van der Waals surface area contributed by atoms with Gasteiger partial charge in [0.15, 0.2) is 0 Å². The van der Waals surface area contributed by atoms with E-state index in [0.29, 0.717) is 13.2 Å². The molecule has 2 heteroatoms. The van der Waals surface area contributed by atoms with Crippen LogP contribution in [-0.2, 0) is 10.2 Å². The third-order valence-electron chi connectivity index (χ3n) is 2.56. The maximum absolute atomic E-state index is 9.14. The van der Waals surface area contributed by atoms with Crippen LogP contribution in [0.3, 0.4) is 0 Å². The average molecular weight is 173 g/mol. The lowest BCUT2D eigenvalue weighted by Gasteiger charge is -2.18. The third-order valence-corrected chi connectivity index (χ3v) is 2.56. The highest BCUT2D eigenvalue weighted by molar-refractivity contribution is 5.33. The first-order valence-electron chi connectivity index (χ1n) is 4.42. The van der Waals surface area contributed by atoms with Crippen molar-refractivity contribution >= 4 is 0 Å². The minimum absolute atomic E-state index is 0.388. The summed E-state index contributed by atoms with van der Waals surface area (Å²) in [5, 5.41) is 9.14. The molecule has 1 aliphatic rings. The molecule has 66 valence electrons. The van der Waals surface area contributed by atoms with Gasteiger partial charge in [0, 0.05) is 6.61 Å². The molecular formula is C11H11NO. The van der Waals surface area contributed by atoms with Crippen molar-refractivity contribution < 1.29 is 4.74 Å². The molecule has 1 aromatic rings. The second-order valence-corrected chi connectivity index (χ2v) is 3.36. The van der Waals surface area contributed by atoms with Crippen molar-refractivity contribution in [3.63, 3.8) is 0 Å². The van der Waals surface area contributed by atoms with Crippen LogP contribution in [0.5, 0.6) is 0 Å². The van der Waals surface area contributed by atoms with Crippen molar-refractivity contribution in [3.8, 4) is 6.07 Å². The van der Waals surface area contributed by atoms with E-state index in [1.165, 1.54) is 0 Å². The number of nitriles is 1. The van der Waals surface area contributed by atoms with Gasteiger partial charge in [-0.15, -0.1) is 0 Å². The molecule has 13 heavy (non-hydrogen) atoms. The molecule has 1 heterocycles. The fraction of sp³-hybridized carbons (Fsp3) is 0.364. The SMILES string of the molecule is N#C[C@]1(c2ccccc2)CCOC1. The molecule has 2 nitrogen and oxygen atoms in total. The summed E-state index contributed by atoms with van der Waals surface area (Å²) in [7, 11) is 0. The molecule has 1 aromatic carbocycles. The zero-order valence-electron chi connectivity index (χ0n) is 7.36. The summed E-state index contributed by atoms with van der Waals surface area (Å²) in [5.74, 6) is 0. The number of hydrogen-bond acceptors (Lipinski definition) is 2. The molecule has 0 saturated carbocycles. The van der Waals surface area contributed by atoms with Crippen LogP contribution in [0.25, 0.3) is 0 Å². The molecule has 1 aliphatic heterocycles. The molecule has 0 N–H and O–H groups in total. The molecule has 0 aliphatic carbocycles.